The van der Waals surface area contributed by atoms with E-state index in [9.17, 15) is 0 Å². The first-order chi connectivity index (χ1) is 10.2. The molecular weight excluding hydrogens is 358 g/mol. The number of aromatic nitrogens is 3. The largest absolute Gasteiger partial charge is 0.197 e. The Morgan fingerprint density at radius 2 is 1.00 bits per heavy atom. The van der Waals surface area contributed by atoms with Gasteiger partial charge in [-0.25, -0.2) is 0 Å². The highest BCUT2D eigenvalue weighted by Crippen LogP contribution is 2.33. The SMILES string of the molecule is CSc1cc(SC)cc(Sc2nc(SC)nc(SC)n2)c1. The van der Waals surface area contributed by atoms with Crippen molar-refractivity contribution in [2.75, 3.05) is 25.0 Å². The van der Waals surface area contributed by atoms with E-state index in [-0.39, 0.29) is 0 Å². The molecule has 3 nitrogen and oxygen atoms in total. The minimum absolute atomic E-state index is 0.754. The molecule has 0 unspecified atom stereocenters. The Balaban J connectivity index is 2.32. The lowest BCUT2D eigenvalue weighted by Crippen LogP contribution is -1.96. The fourth-order valence-electron chi connectivity index (χ4n) is 1.49. The molecule has 0 spiro atoms. The molecule has 0 aliphatic rings. The van der Waals surface area contributed by atoms with Crippen molar-refractivity contribution in [3.05, 3.63) is 18.2 Å². The van der Waals surface area contributed by atoms with Crippen LogP contribution in [0.5, 0.6) is 0 Å². The molecule has 1 aromatic carbocycles. The first kappa shape index (κ1) is 17.3. The zero-order valence-electron chi connectivity index (χ0n) is 12.1. The Kier molecular flexibility index (Phi) is 7.07. The lowest BCUT2D eigenvalue weighted by atomic mass is 10.4. The topological polar surface area (TPSA) is 38.7 Å². The Morgan fingerprint density at radius 3 is 1.43 bits per heavy atom. The van der Waals surface area contributed by atoms with Crippen LogP contribution in [0.25, 0.3) is 0 Å². The van der Waals surface area contributed by atoms with Crippen LogP contribution in [0.1, 0.15) is 0 Å². The summed E-state index contributed by atoms with van der Waals surface area (Å²) in [5, 5.41) is 2.29. The molecule has 112 valence electrons. The minimum atomic E-state index is 0.754. The molecule has 0 aliphatic heterocycles. The van der Waals surface area contributed by atoms with Gasteiger partial charge >= 0.3 is 0 Å². The van der Waals surface area contributed by atoms with E-state index >= 15 is 0 Å². The molecule has 21 heavy (non-hydrogen) atoms. The molecule has 0 bridgehead atoms. The van der Waals surface area contributed by atoms with Crippen LogP contribution >= 0.6 is 58.8 Å². The molecule has 8 heteroatoms. The monoisotopic (exact) mass is 373 g/mol. The van der Waals surface area contributed by atoms with E-state index in [1.165, 1.54) is 9.79 Å². The van der Waals surface area contributed by atoms with Gasteiger partial charge in [0, 0.05) is 14.7 Å². The molecule has 2 aromatic rings. The predicted molar refractivity (Wildman–Crippen MR) is 97.5 cm³/mol. The highest BCUT2D eigenvalue weighted by Gasteiger charge is 2.09. The van der Waals surface area contributed by atoms with Gasteiger partial charge in [-0.05, 0) is 55.0 Å². The van der Waals surface area contributed by atoms with Gasteiger partial charge in [0.1, 0.15) is 0 Å². The summed E-state index contributed by atoms with van der Waals surface area (Å²) in [7, 11) is 0. The van der Waals surface area contributed by atoms with Gasteiger partial charge in [-0.2, -0.15) is 15.0 Å². The molecule has 0 atom stereocenters. The number of hydrogen-bond acceptors (Lipinski definition) is 8. The highest BCUT2D eigenvalue weighted by atomic mass is 32.2. The molecule has 1 heterocycles. The highest BCUT2D eigenvalue weighted by molar-refractivity contribution is 8.00. The number of nitrogens with zero attached hydrogens (tertiary/aromatic N) is 3. The van der Waals surface area contributed by atoms with Crippen LogP contribution in [0.2, 0.25) is 0 Å². The molecule has 0 N–H and O–H groups in total. The van der Waals surface area contributed by atoms with Gasteiger partial charge in [-0.1, -0.05) is 23.5 Å². The van der Waals surface area contributed by atoms with Crippen molar-refractivity contribution in [2.45, 2.75) is 30.2 Å². The number of rotatable bonds is 6. The van der Waals surface area contributed by atoms with E-state index < -0.39 is 0 Å². The molecule has 1 aromatic heterocycles. The van der Waals surface area contributed by atoms with Gasteiger partial charge in [-0.3, -0.25) is 0 Å². The third kappa shape index (κ3) is 4.99. The fraction of sp³-hybridized carbons (Fsp3) is 0.308. The third-order valence-corrected chi connectivity index (χ3v) is 5.82. The summed E-state index contributed by atoms with van der Waals surface area (Å²) in [6.45, 7) is 0. The predicted octanol–water partition coefficient (Wildman–Crippen LogP) is 4.91. The van der Waals surface area contributed by atoms with E-state index in [4.69, 9.17) is 0 Å². The summed E-state index contributed by atoms with van der Waals surface area (Å²) in [5.74, 6) is 0. The Labute approximate surface area is 146 Å². The van der Waals surface area contributed by atoms with Crippen LogP contribution in [0.15, 0.2) is 48.4 Å². The Hall–Kier alpha value is -0.0200. The standard InChI is InChI=1S/C13H15N3S5/c1-17-8-5-9(18-2)7-10(6-8)21-13-15-11(19-3)14-12(16-13)20-4/h5-7H,1-4H3. The maximum atomic E-state index is 4.48. The van der Waals surface area contributed by atoms with Crippen molar-refractivity contribution in [1.82, 2.24) is 15.0 Å². The van der Waals surface area contributed by atoms with Crippen molar-refractivity contribution in [3.8, 4) is 0 Å². The summed E-state index contributed by atoms with van der Waals surface area (Å²) in [4.78, 5) is 17.0. The quantitative estimate of drug-likeness (QED) is 0.661. The zero-order valence-corrected chi connectivity index (χ0v) is 16.2. The normalized spacial score (nSPS) is 10.9. The second kappa shape index (κ2) is 8.57. The summed E-state index contributed by atoms with van der Waals surface area (Å²) in [6, 6.07) is 6.56. The van der Waals surface area contributed by atoms with Crippen LogP contribution in [0, 0.1) is 0 Å². The van der Waals surface area contributed by atoms with Gasteiger partial charge in [0.25, 0.3) is 0 Å². The van der Waals surface area contributed by atoms with Gasteiger partial charge in [0.15, 0.2) is 15.5 Å². The van der Waals surface area contributed by atoms with Crippen molar-refractivity contribution in [1.29, 1.82) is 0 Å². The average Bonchev–Trinajstić information content (AvgIpc) is 2.53. The van der Waals surface area contributed by atoms with Gasteiger partial charge in [0.05, 0.1) is 0 Å². The van der Waals surface area contributed by atoms with Crippen molar-refractivity contribution < 1.29 is 0 Å². The molecule has 0 aliphatic carbocycles. The number of benzene rings is 1. The average molecular weight is 374 g/mol. The van der Waals surface area contributed by atoms with Crippen LogP contribution in [-0.4, -0.2) is 40.0 Å². The Bertz CT molecular complexity index is 523. The summed E-state index contributed by atoms with van der Waals surface area (Å²) >= 11 is 8.17. The number of thioether (sulfide) groups is 4. The second-order valence-electron chi connectivity index (χ2n) is 3.74. The molecule has 2 rings (SSSR count). The van der Waals surface area contributed by atoms with E-state index in [0.717, 1.165) is 20.4 Å². The maximum Gasteiger partial charge on any atom is 0.197 e. The fourth-order valence-corrected chi connectivity index (χ4v) is 4.43. The van der Waals surface area contributed by atoms with Crippen LogP contribution in [0.4, 0.5) is 0 Å². The smallest absolute Gasteiger partial charge is 0.196 e. The van der Waals surface area contributed by atoms with Crippen LogP contribution < -0.4 is 0 Å². The summed E-state index contributed by atoms with van der Waals surface area (Å²) < 4.78 is 0. The van der Waals surface area contributed by atoms with E-state index in [1.807, 2.05) is 12.5 Å². The lowest BCUT2D eigenvalue weighted by Gasteiger charge is -2.07. The van der Waals surface area contributed by atoms with E-state index in [0.29, 0.717) is 0 Å². The molecule has 0 fully saturated rings. The van der Waals surface area contributed by atoms with Crippen LogP contribution in [-0.2, 0) is 0 Å². The van der Waals surface area contributed by atoms with Gasteiger partial charge in [0.2, 0.25) is 0 Å². The first-order valence-corrected chi connectivity index (χ1v) is 11.6. The third-order valence-electron chi connectivity index (χ3n) is 2.47. The summed E-state index contributed by atoms with van der Waals surface area (Å²) in [6.07, 6.45) is 8.14. The summed E-state index contributed by atoms with van der Waals surface area (Å²) in [5.41, 5.74) is 0. The molecular formula is C13H15N3S5. The van der Waals surface area contributed by atoms with Crippen molar-refractivity contribution in [3.63, 3.8) is 0 Å². The first-order valence-electron chi connectivity index (χ1n) is 5.93. The second-order valence-corrected chi connectivity index (χ2v) is 8.09. The van der Waals surface area contributed by atoms with Gasteiger partial charge in [-0.15, -0.1) is 23.5 Å². The van der Waals surface area contributed by atoms with Crippen molar-refractivity contribution >= 4 is 58.8 Å². The van der Waals surface area contributed by atoms with E-state index in [1.54, 1.807) is 58.8 Å². The zero-order chi connectivity index (χ0) is 15.2. The Morgan fingerprint density at radius 1 is 0.571 bits per heavy atom. The molecule has 0 radical (unpaired) electrons. The van der Waals surface area contributed by atoms with Crippen molar-refractivity contribution in [2.24, 2.45) is 0 Å². The molecule has 0 amide bonds. The molecule has 0 saturated heterocycles. The lowest BCUT2D eigenvalue weighted by molar-refractivity contribution is 0.719. The van der Waals surface area contributed by atoms with Crippen LogP contribution in [0.3, 0.4) is 0 Å². The van der Waals surface area contributed by atoms with Gasteiger partial charge < -0.3 is 0 Å². The van der Waals surface area contributed by atoms with E-state index in [2.05, 4.69) is 45.7 Å². The minimum Gasteiger partial charge on any atom is -0.196 e. The molecule has 0 saturated carbocycles. The maximum absolute atomic E-state index is 4.48. The number of hydrogen-bond donors (Lipinski definition) is 0.